The highest BCUT2D eigenvalue weighted by atomic mass is 35.5. The molecule has 3 aromatic rings. The molecule has 170 valence electrons. The average Bonchev–Trinajstić information content (AvgIpc) is 3.09. The van der Waals surface area contributed by atoms with Gasteiger partial charge in [0.2, 0.25) is 5.91 Å². The van der Waals surface area contributed by atoms with E-state index in [0.29, 0.717) is 29.4 Å². The normalized spacial score (nSPS) is 11.0. The number of nitrogens with one attached hydrogen (secondary N) is 2. The van der Waals surface area contributed by atoms with Crippen LogP contribution < -0.4 is 15.4 Å². The molecular weight excluding hydrogens is 428 g/mol. The van der Waals surface area contributed by atoms with Gasteiger partial charge in [-0.15, -0.1) is 0 Å². The van der Waals surface area contributed by atoms with Gasteiger partial charge in [-0.3, -0.25) is 9.59 Å². The number of fused-ring (bicyclic) bond motifs is 1. The van der Waals surface area contributed by atoms with Crippen molar-refractivity contribution >= 4 is 40.1 Å². The highest BCUT2D eigenvalue weighted by Crippen LogP contribution is 2.20. The van der Waals surface area contributed by atoms with Gasteiger partial charge in [-0.05, 0) is 55.3 Å². The van der Waals surface area contributed by atoms with Gasteiger partial charge in [-0.2, -0.15) is 0 Å². The summed E-state index contributed by atoms with van der Waals surface area (Å²) >= 11 is 5.85. The number of amides is 2. The molecule has 0 radical (unpaired) electrons. The van der Waals surface area contributed by atoms with Crippen LogP contribution in [0.15, 0.2) is 42.5 Å². The Balaban J connectivity index is 1.57. The number of halogens is 1. The second-order valence-corrected chi connectivity index (χ2v) is 8.07. The molecule has 1 aromatic heterocycles. The van der Waals surface area contributed by atoms with Gasteiger partial charge in [0.05, 0.1) is 11.0 Å². The third-order valence-corrected chi connectivity index (χ3v) is 5.70. The summed E-state index contributed by atoms with van der Waals surface area (Å²) in [5, 5.41) is 6.44. The summed E-state index contributed by atoms with van der Waals surface area (Å²) in [5.41, 5.74) is 2.39. The van der Waals surface area contributed by atoms with Gasteiger partial charge in [-0.25, -0.2) is 4.98 Å². The number of ether oxygens (including phenoxy) is 1. The molecule has 32 heavy (non-hydrogen) atoms. The van der Waals surface area contributed by atoms with E-state index in [0.717, 1.165) is 29.7 Å². The Bertz CT molecular complexity index is 1070. The van der Waals surface area contributed by atoms with Crippen LogP contribution in [-0.2, 0) is 23.1 Å². The summed E-state index contributed by atoms with van der Waals surface area (Å²) in [6.45, 7) is 4.49. The Labute approximate surface area is 193 Å². The van der Waals surface area contributed by atoms with Crippen LogP contribution >= 0.6 is 11.6 Å². The number of anilines is 1. The number of benzene rings is 2. The van der Waals surface area contributed by atoms with Crippen molar-refractivity contribution in [3.05, 3.63) is 53.3 Å². The molecule has 2 aromatic carbocycles. The Morgan fingerprint density at radius 2 is 1.84 bits per heavy atom. The summed E-state index contributed by atoms with van der Waals surface area (Å²) in [7, 11) is 1.95. The van der Waals surface area contributed by atoms with Gasteiger partial charge in [0.25, 0.3) is 5.91 Å². The van der Waals surface area contributed by atoms with E-state index in [1.54, 1.807) is 24.3 Å². The van der Waals surface area contributed by atoms with Crippen molar-refractivity contribution in [1.82, 2.24) is 14.9 Å². The lowest BCUT2D eigenvalue weighted by Crippen LogP contribution is -2.32. The second-order valence-electron chi connectivity index (χ2n) is 7.64. The van der Waals surface area contributed by atoms with Crippen molar-refractivity contribution in [2.45, 2.75) is 33.1 Å². The molecule has 0 aliphatic rings. The number of hydrogen-bond acceptors (Lipinski definition) is 4. The highest BCUT2D eigenvalue weighted by molar-refractivity contribution is 6.30. The molecular formula is C24H29ClN4O3. The van der Waals surface area contributed by atoms with Crippen LogP contribution in [0.25, 0.3) is 11.0 Å². The molecule has 0 bridgehead atoms. The molecule has 8 heteroatoms. The van der Waals surface area contributed by atoms with E-state index in [1.807, 2.05) is 43.7 Å². The van der Waals surface area contributed by atoms with E-state index in [1.165, 1.54) is 0 Å². The third kappa shape index (κ3) is 6.01. The van der Waals surface area contributed by atoms with Crippen molar-refractivity contribution in [2.24, 2.45) is 13.0 Å². The smallest absolute Gasteiger partial charge is 0.262 e. The number of aromatic nitrogens is 2. The fourth-order valence-electron chi connectivity index (χ4n) is 3.53. The summed E-state index contributed by atoms with van der Waals surface area (Å²) in [6, 6.07) is 12.4. The van der Waals surface area contributed by atoms with Crippen molar-refractivity contribution in [3.8, 4) is 5.75 Å². The van der Waals surface area contributed by atoms with Gasteiger partial charge in [0, 0.05) is 36.6 Å². The topological polar surface area (TPSA) is 85.2 Å². The summed E-state index contributed by atoms with van der Waals surface area (Å²) in [6.07, 6.45) is 2.31. The number of rotatable bonds is 10. The van der Waals surface area contributed by atoms with E-state index in [2.05, 4.69) is 15.6 Å². The van der Waals surface area contributed by atoms with Crippen molar-refractivity contribution in [1.29, 1.82) is 0 Å². The number of carbonyl (C=O) groups is 2. The largest absolute Gasteiger partial charge is 0.484 e. The molecule has 0 aliphatic heterocycles. The molecule has 0 saturated heterocycles. The molecule has 1 heterocycles. The summed E-state index contributed by atoms with van der Waals surface area (Å²) < 4.78 is 7.49. The molecule has 0 saturated carbocycles. The average molecular weight is 457 g/mol. The van der Waals surface area contributed by atoms with Gasteiger partial charge in [0.1, 0.15) is 11.6 Å². The SMILES string of the molecule is CCC(CC)C(=O)NCCc1nc2cc(NC(=O)COc3ccc(Cl)cc3)ccc2n1C. The lowest BCUT2D eigenvalue weighted by atomic mass is 10.0. The molecule has 2 amide bonds. The van der Waals surface area contributed by atoms with Crippen LogP contribution in [0, 0.1) is 5.92 Å². The van der Waals surface area contributed by atoms with Gasteiger partial charge < -0.3 is 19.9 Å². The van der Waals surface area contributed by atoms with E-state index >= 15 is 0 Å². The molecule has 0 aliphatic carbocycles. The molecule has 0 fully saturated rings. The molecule has 0 unspecified atom stereocenters. The van der Waals surface area contributed by atoms with Gasteiger partial charge >= 0.3 is 0 Å². The zero-order valence-corrected chi connectivity index (χ0v) is 19.4. The summed E-state index contributed by atoms with van der Waals surface area (Å²) in [4.78, 5) is 29.1. The minimum atomic E-state index is -0.264. The summed E-state index contributed by atoms with van der Waals surface area (Å²) in [5.74, 6) is 1.34. The van der Waals surface area contributed by atoms with Crippen LogP contribution in [0.2, 0.25) is 5.02 Å². The van der Waals surface area contributed by atoms with Crippen LogP contribution in [0.1, 0.15) is 32.5 Å². The minimum absolute atomic E-state index is 0.0604. The Morgan fingerprint density at radius 3 is 2.53 bits per heavy atom. The molecule has 3 rings (SSSR count). The van der Waals surface area contributed by atoms with Crippen molar-refractivity contribution in [3.63, 3.8) is 0 Å². The number of imidazole rings is 1. The Morgan fingerprint density at radius 1 is 1.12 bits per heavy atom. The first kappa shape index (κ1) is 23.6. The maximum atomic E-state index is 12.2. The fraction of sp³-hybridized carbons (Fsp3) is 0.375. The third-order valence-electron chi connectivity index (χ3n) is 5.44. The standard InChI is InChI=1S/C24H29ClN4O3/c1-4-16(5-2)24(31)26-13-12-22-28-20-14-18(8-11-21(20)29(22)3)27-23(30)15-32-19-9-6-17(25)7-10-19/h6-11,14,16H,4-5,12-13,15H2,1-3H3,(H,26,31)(H,27,30). The predicted molar refractivity (Wildman–Crippen MR) is 127 cm³/mol. The predicted octanol–water partition coefficient (Wildman–Crippen LogP) is 4.34. The zero-order chi connectivity index (χ0) is 23.1. The van der Waals surface area contributed by atoms with Crippen LogP contribution in [-0.4, -0.2) is 34.5 Å². The van der Waals surface area contributed by atoms with Crippen molar-refractivity contribution < 1.29 is 14.3 Å². The Hall–Kier alpha value is -3.06. The molecule has 7 nitrogen and oxygen atoms in total. The fourth-order valence-corrected chi connectivity index (χ4v) is 3.66. The van der Waals surface area contributed by atoms with Crippen LogP contribution in [0.3, 0.4) is 0 Å². The Kier molecular flexibility index (Phi) is 8.11. The zero-order valence-electron chi connectivity index (χ0n) is 18.7. The molecule has 0 atom stereocenters. The lowest BCUT2D eigenvalue weighted by Gasteiger charge is -2.12. The lowest BCUT2D eigenvalue weighted by molar-refractivity contribution is -0.125. The van der Waals surface area contributed by atoms with Crippen LogP contribution in [0.4, 0.5) is 5.69 Å². The van der Waals surface area contributed by atoms with E-state index in [-0.39, 0.29) is 24.3 Å². The van der Waals surface area contributed by atoms with Gasteiger partial charge in [0.15, 0.2) is 6.61 Å². The highest BCUT2D eigenvalue weighted by Gasteiger charge is 2.14. The van der Waals surface area contributed by atoms with Crippen molar-refractivity contribution in [2.75, 3.05) is 18.5 Å². The van der Waals surface area contributed by atoms with E-state index < -0.39 is 0 Å². The van der Waals surface area contributed by atoms with Crippen LogP contribution in [0.5, 0.6) is 5.75 Å². The quantitative estimate of drug-likeness (QED) is 0.475. The second kappa shape index (κ2) is 11.0. The first-order valence-electron chi connectivity index (χ1n) is 10.8. The number of hydrogen-bond donors (Lipinski definition) is 2. The van der Waals surface area contributed by atoms with E-state index in [4.69, 9.17) is 16.3 Å². The maximum absolute atomic E-state index is 12.2. The number of carbonyl (C=O) groups excluding carboxylic acids is 2. The maximum Gasteiger partial charge on any atom is 0.262 e. The molecule has 0 spiro atoms. The number of nitrogens with zero attached hydrogens (tertiary/aromatic N) is 2. The number of aryl methyl sites for hydroxylation is 1. The minimum Gasteiger partial charge on any atom is -0.484 e. The molecule has 2 N–H and O–H groups in total. The van der Waals surface area contributed by atoms with Gasteiger partial charge in [-0.1, -0.05) is 25.4 Å². The monoisotopic (exact) mass is 456 g/mol. The first-order chi connectivity index (χ1) is 15.4. The first-order valence-corrected chi connectivity index (χ1v) is 11.2. The van der Waals surface area contributed by atoms with E-state index in [9.17, 15) is 9.59 Å².